The fourth-order valence-corrected chi connectivity index (χ4v) is 2.57. The zero-order chi connectivity index (χ0) is 18.2. The number of nitrogens with one attached hydrogen (secondary N) is 2. The topological polar surface area (TPSA) is 93.2 Å². The number of anilines is 2. The Morgan fingerprint density at radius 1 is 1.36 bits per heavy atom. The standard InChI is InChI=1S/C16H19ClN4O3S/c1-10(2)5-6-18-16-20-12(9-25-16)15(23)24-8-14(22)21-13-4-3-11(17)7-19-13/h3-4,7,9-10H,5-6,8H2,1-2H3,(H,18,20)(H,19,21,22). The Kier molecular flexibility index (Phi) is 7.15. The fourth-order valence-electron chi connectivity index (χ4n) is 1.75. The molecule has 2 aromatic heterocycles. The highest BCUT2D eigenvalue weighted by Gasteiger charge is 2.14. The van der Waals surface area contributed by atoms with Crippen LogP contribution in [0.3, 0.4) is 0 Å². The summed E-state index contributed by atoms with van der Waals surface area (Å²) in [5.74, 6) is -0.220. The zero-order valence-corrected chi connectivity index (χ0v) is 15.5. The summed E-state index contributed by atoms with van der Waals surface area (Å²) in [5.41, 5.74) is 0.175. The molecule has 0 fully saturated rings. The van der Waals surface area contributed by atoms with Crippen molar-refractivity contribution in [3.63, 3.8) is 0 Å². The van der Waals surface area contributed by atoms with Gasteiger partial charge in [-0.1, -0.05) is 25.4 Å². The maximum absolute atomic E-state index is 11.9. The first-order valence-corrected chi connectivity index (χ1v) is 8.97. The second-order valence-corrected chi connectivity index (χ2v) is 6.93. The predicted molar refractivity (Wildman–Crippen MR) is 98.2 cm³/mol. The maximum atomic E-state index is 11.9. The number of hydrogen-bond acceptors (Lipinski definition) is 7. The molecule has 0 atom stereocenters. The molecule has 0 aliphatic rings. The van der Waals surface area contributed by atoms with E-state index in [2.05, 4.69) is 34.4 Å². The average Bonchev–Trinajstić information content (AvgIpc) is 3.03. The largest absolute Gasteiger partial charge is 0.451 e. The molecule has 2 aromatic rings. The number of esters is 1. The van der Waals surface area contributed by atoms with Gasteiger partial charge in [0.15, 0.2) is 17.4 Å². The minimum atomic E-state index is -0.646. The molecular formula is C16H19ClN4O3S. The fraction of sp³-hybridized carbons (Fsp3) is 0.375. The van der Waals surface area contributed by atoms with Crippen LogP contribution in [0.4, 0.5) is 10.9 Å². The number of halogens is 1. The van der Waals surface area contributed by atoms with Gasteiger partial charge in [0.25, 0.3) is 5.91 Å². The summed E-state index contributed by atoms with van der Waals surface area (Å²) >= 11 is 7.03. The van der Waals surface area contributed by atoms with Crippen LogP contribution in [0.2, 0.25) is 5.02 Å². The van der Waals surface area contributed by atoms with Crippen LogP contribution < -0.4 is 10.6 Å². The van der Waals surface area contributed by atoms with Crippen LogP contribution in [0.15, 0.2) is 23.7 Å². The predicted octanol–water partition coefficient (Wildman–Crippen LogP) is 3.45. The van der Waals surface area contributed by atoms with Crippen LogP contribution in [0.5, 0.6) is 0 Å². The molecule has 134 valence electrons. The van der Waals surface area contributed by atoms with E-state index >= 15 is 0 Å². The second-order valence-electron chi connectivity index (χ2n) is 5.63. The van der Waals surface area contributed by atoms with Crippen LogP contribution in [0.25, 0.3) is 0 Å². The van der Waals surface area contributed by atoms with Crippen LogP contribution >= 0.6 is 22.9 Å². The van der Waals surface area contributed by atoms with E-state index in [0.29, 0.717) is 21.9 Å². The number of aromatic nitrogens is 2. The number of thiazole rings is 1. The normalized spacial score (nSPS) is 10.6. The van der Waals surface area contributed by atoms with Crippen molar-refractivity contribution < 1.29 is 14.3 Å². The SMILES string of the molecule is CC(C)CCNc1nc(C(=O)OCC(=O)Nc2ccc(Cl)cn2)cs1. The van der Waals surface area contributed by atoms with E-state index in [1.807, 2.05) is 0 Å². The molecule has 0 aliphatic carbocycles. The van der Waals surface area contributed by atoms with E-state index < -0.39 is 18.5 Å². The highest BCUT2D eigenvalue weighted by atomic mass is 35.5. The molecule has 2 heterocycles. The van der Waals surface area contributed by atoms with Gasteiger partial charge in [0.05, 0.1) is 5.02 Å². The Balaban J connectivity index is 1.76. The van der Waals surface area contributed by atoms with Gasteiger partial charge in [0, 0.05) is 18.1 Å². The third kappa shape index (κ3) is 6.67. The molecule has 0 aromatic carbocycles. The van der Waals surface area contributed by atoms with Gasteiger partial charge in [-0.15, -0.1) is 11.3 Å². The number of nitrogens with zero attached hydrogens (tertiary/aromatic N) is 2. The first-order chi connectivity index (χ1) is 11.9. The summed E-state index contributed by atoms with van der Waals surface area (Å²) < 4.78 is 4.95. The summed E-state index contributed by atoms with van der Waals surface area (Å²) in [6, 6.07) is 3.15. The lowest BCUT2D eigenvalue weighted by atomic mass is 10.1. The molecular weight excluding hydrogens is 364 g/mol. The first-order valence-electron chi connectivity index (χ1n) is 7.72. The molecule has 0 unspecified atom stereocenters. The van der Waals surface area contributed by atoms with E-state index in [1.165, 1.54) is 17.5 Å². The zero-order valence-electron chi connectivity index (χ0n) is 13.9. The first kappa shape index (κ1) is 19.1. The number of hydrogen-bond donors (Lipinski definition) is 2. The van der Waals surface area contributed by atoms with Crippen molar-refractivity contribution in [1.29, 1.82) is 0 Å². The monoisotopic (exact) mass is 382 g/mol. The van der Waals surface area contributed by atoms with E-state index in [4.69, 9.17) is 16.3 Å². The van der Waals surface area contributed by atoms with Gasteiger partial charge in [-0.3, -0.25) is 4.79 Å². The molecule has 0 saturated carbocycles. The number of ether oxygens (including phenoxy) is 1. The van der Waals surface area contributed by atoms with Crippen molar-refractivity contribution in [3.8, 4) is 0 Å². The molecule has 0 aliphatic heterocycles. The molecule has 1 amide bonds. The Hall–Kier alpha value is -2.19. The quantitative estimate of drug-likeness (QED) is 0.679. The number of pyridine rings is 1. The molecule has 7 nitrogen and oxygen atoms in total. The summed E-state index contributed by atoms with van der Waals surface area (Å²) in [4.78, 5) is 31.8. The average molecular weight is 383 g/mol. The van der Waals surface area contributed by atoms with Crippen molar-refractivity contribution >= 4 is 45.8 Å². The van der Waals surface area contributed by atoms with E-state index in [9.17, 15) is 9.59 Å². The van der Waals surface area contributed by atoms with Gasteiger partial charge >= 0.3 is 5.97 Å². The minimum Gasteiger partial charge on any atom is -0.451 e. The molecule has 0 radical (unpaired) electrons. The summed E-state index contributed by atoms with van der Waals surface area (Å²) in [7, 11) is 0. The lowest BCUT2D eigenvalue weighted by Gasteiger charge is -2.05. The van der Waals surface area contributed by atoms with E-state index in [-0.39, 0.29) is 5.69 Å². The van der Waals surface area contributed by atoms with Crippen LogP contribution in [0.1, 0.15) is 30.8 Å². The number of amides is 1. The molecule has 2 rings (SSSR count). The highest BCUT2D eigenvalue weighted by Crippen LogP contribution is 2.16. The van der Waals surface area contributed by atoms with Crippen molar-refractivity contribution in [2.45, 2.75) is 20.3 Å². The highest BCUT2D eigenvalue weighted by molar-refractivity contribution is 7.13. The maximum Gasteiger partial charge on any atom is 0.358 e. The smallest absolute Gasteiger partial charge is 0.358 e. The van der Waals surface area contributed by atoms with Gasteiger partial charge in [0.2, 0.25) is 0 Å². The van der Waals surface area contributed by atoms with Gasteiger partial charge in [-0.05, 0) is 24.5 Å². The molecule has 9 heteroatoms. The van der Waals surface area contributed by atoms with Crippen molar-refractivity contribution in [3.05, 3.63) is 34.4 Å². The van der Waals surface area contributed by atoms with Crippen molar-refractivity contribution in [2.75, 3.05) is 23.8 Å². The summed E-state index contributed by atoms with van der Waals surface area (Å²) in [6.45, 7) is 4.64. The Labute approximate surface area is 154 Å². The number of carbonyl (C=O) groups is 2. The van der Waals surface area contributed by atoms with Gasteiger partial charge in [0.1, 0.15) is 5.82 Å². The van der Waals surface area contributed by atoms with E-state index in [0.717, 1.165) is 13.0 Å². The van der Waals surface area contributed by atoms with Crippen molar-refractivity contribution in [2.24, 2.45) is 5.92 Å². The summed E-state index contributed by atoms with van der Waals surface area (Å²) in [6.07, 6.45) is 2.42. The Morgan fingerprint density at radius 2 is 2.16 bits per heavy atom. The van der Waals surface area contributed by atoms with Gasteiger partial charge in [-0.25, -0.2) is 14.8 Å². The molecule has 25 heavy (non-hydrogen) atoms. The van der Waals surface area contributed by atoms with Crippen LogP contribution in [-0.4, -0.2) is 35.0 Å². The van der Waals surface area contributed by atoms with Crippen molar-refractivity contribution in [1.82, 2.24) is 9.97 Å². The molecule has 2 N–H and O–H groups in total. The third-order valence-corrected chi connectivity index (χ3v) is 4.06. The van der Waals surface area contributed by atoms with Gasteiger partial charge < -0.3 is 15.4 Å². The second kappa shape index (κ2) is 9.33. The number of carbonyl (C=O) groups excluding carboxylic acids is 2. The van der Waals surface area contributed by atoms with Crippen LogP contribution in [-0.2, 0) is 9.53 Å². The summed E-state index contributed by atoms with van der Waals surface area (Å²) in [5, 5.41) is 8.37. The number of rotatable bonds is 8. The lowest BCUT2D eigenvalue weighted by Crippen LogP contribution is -2.21. The third-order valence-electron chi connectivity index (χ3n) is 3.04. The van der Waals surface area contributed by atoms with Crippen LogP contribution in [0, 0.1) is 5.92 Å². The Morgan fingerprint density at radius 3 is 2.84 bits per heavy atom. The minimum absolute atomic E-state index is 0.175. The van der Waals surface area contributed by atoms with Gasteiger partial charge in [-0.2, -0.15) is 0 Å². The molecule has 0 spiro atoms. The molecule has 0 saturated heterocycles. The lowest BCUT2D eigenvalue weighted by molar-refractivity contribution is -0.119. The van der Waals surface area contributed by atoms with E-state index in [1.54, 1.807) is 17.5 Å². The molecule has 0 bridgehead atoms. The Bertz CT molecular complexity index is 718.